The molecule has 9 heteroatoms. The summed E-state index contributed by atoms with van der Waals surface area (Å²) in [4.78, 5) is -0.284. The minimum Gasteiger partial charge on any atom is -0.744 e. The summed E-state index contributed by atoms with van der Waals surface area (Å²) < 4.78 is 66.7. The van der Waals surface area contributed by atoms with Crippen molar-refractivity contribution in [3.8, 4) is 0 Å². The molecule has 33 heavy (non-hydrogen) atoms. The fraction of sp³-hybridized carbons (Fsp3) is 0.167. The molecule has 0 spiro atoms. The van der Waals surface area contributed by atoms with Crippen molar-refractivity contribution in [3.05, 3.63) is 82.9 Å². The van der Waals surface area contributed by atoms with Crippen LogP contribution < -0.4 is 0 Å². The van der Waals surface area contributed by atoms with Crippen LogP contribution in [0.3, 0.4) is 0 Å². The third kappa shape index (κ3) is 6.33. The Bertz CT molecular complexity index is 1440. The first-order chi connectivity index (χ1) is 14.8. The molecule has 0 aliphatic rings. The Balaban J connectivity index is 0.000000227. The Kier molecular flexibility index (Phi) is 8.73. The quantitative estimate of drug-likeness (QED) is 0.293. The van der Waals surface area contributed by atoms with E-state index in [2.05, 4.69) is 0 Å². The monoisotopic (exact) mass is 510 g/mol. The van der Waals surface area contributed by atoms with E-state index in [4.69, 9.17) is 0 Å². The molecule has 0 radical (unpaired) electrons. The van der Waals surface area contributed by atoms with Crippen molar-refractivity contribution in [3.63, 3.8) is 0 Å². The van der Waals surface area contributed by atoms with Crippen LogP contribution >= 0.6 is 0 Å². The molecular formula is C24H22CaO6S2. The second-order valence-electron chi connectivity index (χ2n) is 7.77. The van der Waals surface area contributed by atoms with Gasteiger partial charge in [0.2, 0.25) is 0 Å². The molecule has 0 amide bonds. The minimum absolute atomic E-state index is 0. The van der Waals surface area contributed by atoms with Crippen molar-refractivity contribution < 1.29 is 25.9 Å². The SMILES string of the molecule is Cc1ccc2c(C)ccc(S(=O)(=O)[O-])c2c1.Cc1ccc2c(C)ccc(S(=O)(=O)[O-])c2c1.[Ca+2]. The molecule has 4 aromatic rings. The first-order valence-electron chi connectivity index (χ1n) is 9.71. The van der Waals surface area contributed by atoms with Gasteiger partial charge in [0, 0.05) is 0 Å². The first-order valence-corrected chi connectivity index (χ1v) is 12.5. The van der Waals surface area contributed by atoms with Crippen molar-refractivity contribution in [1.29, 1.82) is 0 Å². The first kappa shape index (κ1) is 27.7. The number of hydrogen-bond acceptors (Lipinski definition) is 6. The molecule has 4 rings (SSSR count). The van der Waals surface area contributed by atoms with E-state index in [1.807, 2.05) is 52.0 Å². The molecule has 0 saturated carbocycles. The molecule has 0 bridgehead atoms. The Morgan fingerprint density at radius 1 is 0.515 bits per heavy atom. The van der Waals surface area contributed by atoms with Gasteiger partial charge in [-0.3, -0.25) is 0 Å². The molecule has 0 unspecified atom stereocenters. The number of rotatable bonds is 2. The zero-order chi connectivity index (χ0) is 23.8. The number of hydrogen-bond donors (Lipinski definition) is 0. The predicted octanol–water partition coefficient (Wildman–Crippen LogP) is 4.34. The number of benzene rings is 4. The van der Waals surface area contributed by atoms with Gasteiger partial charge in [-0.25, -0.2) is 16.8 Å². The van der Waals surface area contributed by atoms with Crippen molar-refractivity contribution >= 4 is 79.5 Å². The van der Waals surface area contributed by atoms with Crippen LogP contribution in [-0.2, 0) is 20.2 Å². The topological polar surface area (TPSA) is 114 Å². The molecule has 0 N–H and O–H groups in total. The molecule has 0 fully saturated rings. The molecule has 6 nitrogen and oxygen atoms in total. The molecule has 0 heterocycles. The van der Waals surface area contributed by atoms with Crippen molar-refractivity contribution in [2.45, 2.75) is 37.5 Å². The normalized spacial score (nSPS) is 11.6. The second-order valence-corrected chi connectivity index (χ2v) is 10.5. The third-order valence-electron chi connectivity index (χ3n) is 5.24. The summed E-state index contributed by atoms with van der Waals surface area (Å²) in [5.74, 6) is 0. The maximum atomic E-state index is 11.1. The van der Waals surface area contributed by atoms with Crippen molar-refractivity contribution in [2.75, 3.05) is 0 Å². The molecule has 0 aromatic heterocycles. The molecule has 168 valence electrons. The summed E-state index contributed by atoms with van der Waals surface area (Å²) in [7, 11) is -8.83. The van der Waals surface area contributed by atoms with E-state index >= 15 is 0 Å². The Morgan fingerprint density at radius 3 is 1.15 bits per heavy atom. The van der Waals surface area contributed by atoms with Gasteiger partial charge in [0.25, 0.3) is 0 Å². The maximum absolute atomic E-state index is 11.1. The standard InChI is InChI=1S/2C12H12O3S.Ca/c2*1-8-3-5-10-9(2)4-6-12(11(10)7-8)16(13,14)15;/h2*3-7H,1-2H3,(H,13,14,15);/q;;+2/p-2. The molecule has 0 saturated heterocycles. The Hall–Kier alpha value is -1.52. The summed E-state index contributed by atoms with van der Waals surface area (Å²) >= 11 is 0. The zero-order valence-electron chi connectivity index (χ0n) is 18.7. The summed E-state index contributed by atoms with van der Waals surface area (Å²) in [6.07, 6.45) is 0. The van der Waals surface area contributed by atoms with Crippen molar-refractivity contribution in [2.24, 2.45) is 0 Å². The van der Waals surface area contributed by atoms with Crippen LogP contribution in [0, 0.1) is 27.7 Å². The number of aryl methyl sites for hydroxylation is 4. The van der Waals surface area contributed by atoms with Crippen LogP contribution in [0.25, 0.3) is 21.5 Å². The van der Waals surface area contributed by atoms with Gasteiger partial charge in [0.15, 0.2) is 0 Å². The smallest absolute Gasteiger partial charge is 0.744 e. The van der Waals surface area contributed by atoms with E-state index in [1.54, 1.807) is 24.3 Å². The van der Waals surface area contributed by atoms with E-state index in [0.29, 0.717) is 10.8 Å². The third-order valence-corrected chi connectivity index (χ3v) is 7.03. The Labute approximate surface area is 224 Å². The predicted molar refractivity (Wildman–Crippen MR) is 129 cm³/mol. The summed E-state index contributed by atoms with van der Waals surface area (Å²) in [6.45, 7) is 7.50. The molecule has 4 aromatic carbocycles. The summed E-state index contributed by atoms with van der Waals surface area (Å²) in [6, 6.07) is 17.0. The van der Waals surface area contributed by atoms with E-state index in [1.165, 1.54) is 12.1 Å². The van der Waals surface area contributed by atoms with Gasteiger partial charge in [0.1, 0.15) is 20.2 Å². The van der Waals surface area contributed by atoms with Crippen LogP contribution in [0.4, 0.5) is 0 Å². The van der Waals surface area contributed by atoms with Gasteiger partial charge in [-0.15, -0.1) is 0 Å². The zero-order valence-corrected chi connectivity index (χ0v) is 22.6. The van der Waals surface area contributed by atoms with Crippen LogP contribution in [0.5, 0.6) is 0 Å². The largest absolute Gasteiger partial charge is 2.00 e. The van der Waals surface area contributed by atoms with Gasteiger partial charge in [-0.2, -0.15) is 0 Å². The average molecular weight is 511 g/mol. The van der Waals surface area contributed by atoms with Crippen LogP contribution in [-0.4, -0.2) is 63.7 Å². The van der Waals surface area contributed by atoms with Gasteiger partial charge < -0.3 is 9.11 Å². The van der Waals surface area contributed by atoms with Gasteiger partial charge in [-0.1, -0.05) is 59.7 Å². The maximum Gasteiger partial charge on any atom is 2.00 e. The average Bonchev–Trinajstić information content (AvgIpc) is 2.66. The fourth-order valence-electron chi connectivity index (χ4n) is 3.61. The van der Waals surface area contributed by atoms with Gasteiger partial charge >= 0.3 is 37.7 Å². The van der Waals surface area contributed by atoms with E-state index in [-0.39, 0.29) is 47.5 Å². The fourth-order valence-corrected chi connectivity index (χ4v) is 4.95. The molecule has 0 aliphatic carbocycles. The van der Waals surface area contributed by atoms with E-state index in [9.17, 15) is 25.9 Å². The summed E-state index contributed by atoms with van der Waals surface area (Å²) in [5.41, 5.74) is 3.79. The van der Waals surface area contributed by atoms with Gasteiger partial charge in [0.05, 0.1) is 9.79 Å². The van der Waals surface area contributed by atoms with E-state index < -0.39 is 20.2 Å². The second kappa shape index (κ2) is 10.4. The number of fused-ring (bicyclic) bond motifs is 2. The van der Waals surface area contributed by atoms with Crippen LogP contribution in [0.1, 0.15) is 22.3 Å². The van der Waals surface area contributed by atoms with Gasteiger partial charge in [-0.05, 0) is 72.5 Å². The molecule has 0 aliphatic heterocycles. The minimum atomic E-state index is -4.41. The molecular weight excluding hydrogens is 488 g/mol. The van der Waals surface area contributed by atoms with Crippen molar-refractivity contribution in [1.82, 2.24) is 0 Å². The van der Waals surface area contributed by atoms with E-state index in [0.717, 1.165) is 33.0 Å². The summed E-state index contributed by atoms with van der Waals surface area (Å²) in [5, 5.41) is 2.63. The van der Waals surface area contributed by atoms with Crippen LogP contribution in [0.15, 0.2) is 70.5 Å². The van der Waals surface area contributed by atoms with Crippen LogP contribution in [0.2, 0.25) is 0 Å². The molecule has 0 atom stereocenters. The Morgan fingerprint density at radius 2 is 0.848 bits per heavy atom.